The molecule has 0 unspecified atom stereocenters. The number of hydrogen-bond donors (Lipinski definition) is 3. The Hall–Kier alpha value is -0.610. The first-order valence-corrected chi connectivity index (χ1v) is 5.87. The SMILES string of the molecule is CC(C)NCCCC(=O)NCCCCN. The molecule has 0 aromatic carbocycles. The summed E-state index contributed by atoms with van der Waals surface area (Å²) in [5, 5.41) is 6.16. The van der Waals surface area contributed by atoms with E-state index in [1.165, 1.54) is 0 Å². The van der Waals surface area contributed by atoms with Crippen LogP contribution in [0.25, 0.3) is 0 Å². The second kappa shape index (κ2) is 9.93. The van der Waals surface area contributed by atoms with Crippen LogP contribution in [0.2, 0.25) is 0 Å². The molecule has 0 saturated carbocycles. The quantitative estimate of drug-likeness (QED) is 0.494. The van der Waals surface area contributed by atoms with Crippen LogP contribution in [0.3, 0.4) is 0 Å². The maximum atomic E-state index is 11.3. The van der Waals surface area contributed by atoms with Gasteiger partial charge in [-0.05, 0) is 32.4 Å². The van der Waals surface area contributed by atoms with Crippen molar-refractivity contribution >= 4 is 5.91 Å². The van der Waals surface area contributed by atoms with Crippen LogP contribution >= 0.6 is 0 Å². The highest BCUT2D eigenvalue weighted by Gasteiger charge is 2.00. The lowest BCUT2D eigenvalue weighted by Gasteiger charge is -2.08. The Morgan fingerprint density at radius 1 is 1.20 bits per heavy atom. The minimum Gasteiger partial charge on any atom is -0.356 e. The fraction of sp³-hybridized carbons (Fsp3) is 0.909. The van der Waals surface area contributed by atoms with Crippen molar-refractivity contribution in [1.82, 2.24) is 10.6 Å². The zero-order valence-electron chi connectivity index (χ0n) is 10.0. The van der Waals surface area contributed by atoms with Gasteiger partial charge >= 0.3 is 0 Å². The van der Waals surface area contributed by atoms with Gasteiger partial charge < -0.3 is 16.4 Å². The summed E-state index contributed by atoms with van der Waals surface area (Å²) in [7, 11) is 0. The molecular weight excluding hydrogens is 190 g/mol. The number of amides is 1. The highest BCUT2D eigenvalue weighted by Crippen LogP contribution is 1.89. The predicted octanol–water partition coefficient (Wildman–Crippen LogP) is 0.620. The molecule has 0 heterocycles. The van der Waals surface area contributed by atoms with Crippen LogP contribution in [0.4, 0.5) is 0 Å². The van der Waals surface area contributed by atoms with Crippen molar-refractivity contribution in [1.29, 1.82) is 0 Å². The average molecular weight is 215 g/mol. The Balaban J connectivity index is 3.19. The van der Waals surface area contributed by atoms with Crippen LogP contribution < -0.4 is 16.4 Å². The van der Waals surface area contributed by atoms with Gasteiger partial charge in [0.2, 0.25) is 5.91 Å². The van der Waals surface area contributed by atoms with Crippen LogP contribution in [0.15, 0.2) is 0 Å². The molecule has 0 atom stereocenters. The largest absolute Gasteiger partial charge is 0.356 e. The van der Waals surface area contributed by atoms with Crippen molar-refractivity contribution in [3.05, 3.63) is 0 Å². The van der Waals surface area contributed by atoms with E-state index in [2.05, 4.69) is 24.5 Å². The van der Waals surface area contributed by atoms with Crippen molar-refractivity contribution in [2.75, 3.05) is 19.6 Å². The molecule has 0 aliphatic heterocycles. The van der Waals surface area contributed by atoms with E-state index in [0.717, 1.165) is 32.4 Å². The Morgan fingerprint density at radius 3 is 2.53 bits per heavy atom. The third-order valence-electron chi connectivity index (χ3n) is 2.09. The molecule has 0 fully saturated rings. The first-order chi connectivity index (χ1) is 7.16. The fourth-order valence-electron chi connectivity index (χ4n) is 1.23. The molecule has 1 amide bonds. The molecule has 0 rings (SSSR count). The predicted molar refractivity (Wildman–Crippen MR) is 63.7 cm³/mol. The Morgan fingerprint density at radius 2 is 1.93 bits per heavy atom. The standard InChI is InChI=1S/C11H25N3O/c1-10(2)13-9-5-6-11(15)14-8-4-3-7-12/h10,13H,3-9,12H2,1-2H3,(H,14,15). The molecule has 4 heteroatoms. The van der Waals surface area contributed by atoms with Gasteiger partial charge in [0.05, 0.1) is 0 Å². The number of unbranched alkanes of at least 4 members (excludes halogenated alkanes) is 1. The summed E-state index contributed by atoms with van der Waals surface area (Å²) < 4.78 is 0. The molecule has 0 aliphatic rings. The number of carbonyl (C=O) groups excluding carboxylic acids is 1. The van der Waals surface area contributed by atoms with Gasteiger partial charge in [0.1, 0.15) is 0 Å². The van der Waals surface area contributed by atoms with Gasteiger partial charge in [-0.25, -0.2) is 0 Å². The maximum Gasteiger partial charge on any atom is 0.220 e. The first kappa shape index (κ1) is 14.4. The average Bonchev–Trinajstić information content (AvgIpc) is 2.19. The van der Waals surface area contributed by atoms with E-state index < -0.39 is 0 Å². The smallest absolute Gasteiger partial charge is 0.220 e. The van der Waals surface area contributed by atoms with Gasteiger partial charge in [-0.3, -0.25) is 4.79 Å². The molecule has 0 spiro atoms. The van der Waals surface area contributed by atoms with E-state index in [0.29, 0.717) is 19.0 Å². The zero-order valence-corrected chi connectivity index (χ0v) is 10.0. The minimum atomic E-state index is 0.151. The van der Waals surface area contributed by atoms with E-state index in [1.807, 2.05) is 0 Å². The van der Waals surface area contributed by atoms with Gasteiger partial charge in [-0.15, -0.1) is 0 Å². The summed E-state index contributed by atoms with van der Waals surface area (Å²) in [6, 6.07) is 0.498. The van der Waals surface area contributed by atoms with Crippen LogP contribution in [-0.2, 0) is 4.79 Å². The van der Waals surface area contributed by atoms with E-state index in [-0.39, 0.29) is 5.91 Å². The lowest BCUT2D eigenvalue weighted by molar-refractivity contribution is -0.121. The van der Waals surface area contributed by atoms with Gasteiger partial charge in [0, 0.05) is 19.0 Å². The topological polar surface area (TPSA) is 67.2 Å². The number of nitrogens with one attached hydrogen (secondary N) is 2. The number of carbonyl (C=O) groups is 1. The summed E-state index contributed by atoms with van der Waals surface area (Å²) in [6.07, 6.45) is 3.48. The summed E-state index contributed by atoms with van der Waals surface area (Å²) >= 11 is 0. The molecule has 0 aromatic rings. The van der Waals surface area contributed by atoms with E-state index in [1.54, 1.807) is 0 Å². The number of rotatable bonds is 9. The molecule has 0 radical (unpaired) electrons. The van der Waals surface area contributed by atoms with Crippen LogP contribution in [0.1, 0.15) is 39.5 Å². The van der Waals surface area contributed by atoms with E-state index in [4.69, 9.17) is 5.73 Å². The highest BCUT2D eigenvalue weighted by atomic mass is 16.1. The van der Waals surface area contributed by atoms with Crippen LogP contribution in [0.5, 0.6) is 0 Å². The molecule has 4 nitrogen and oxygen atoms in total. The molecule has 15 heavy (non-hydrogen) atoms. The summed E-state index contributed by atoms with van der Waals surface area (Å²) in [6.45, 7) is 6.58. The normalized spacial score (nSPS) is 10.7. The van der Waals surface area contributed by atoms with Crippen molar-refractivity contribution in [2.24, 2.45) is 5.73 Å². The summed E-state index contributed by atoms with van der Waals surface area (Å²) in [4.78, 5) is 11.3. The molecule has 90 valence electrons. The molecular formula is C11H25N3O. The van der Waals surface area contributed by atoms with Crippen molar-refractivity contribution in [3.63, 3.8) is 0 Å². The monoisotopic (exact) mass is 215 g/mol. The van der Waals surface area contributed by atoms with Gasteiger partial charge in [0.25, 0.3) is 0 Å². The minimum absolute atomic E-state index is 0.151. The maximum absolute atomic E-state index is 11.3. The van der Waals surface area contributed by atoms with Gasteiger partial charge in [-0.2, -0.15) is 0 Å². The van der Waals surface area contributed by atoms with Crippen molar-refractivity contribution < 1.29 is 4.79 Å². The van der Waals surface area contributed by atoms with Gasteiger partial charge in [-0.1, -0.05) is 13.8 Å². The lowest BCUT2D eigenvalue weighted by Crippen LogP contribution is -2.27. The van der Waals surface area contributed by atoms with E-state index >= 15 is 0 Å². The lowest BCUT2D eigenvalue weighted by atomic mass is 10.2. The van der Waals surface area contributed by atoms with E-state index in [9.17, 15) is 4.79 Å². The molecule has 0 aliphatic carbocycles. The Kier molecular flexibility index (Phi) is 9.52. The molecule has 0 bridgehead atoms. The third-order valence-corrected chi connectivity index (χ3v) is 2.09. The first-order valence-electron chi connectivity index (χ1n) is 5.87. The van der Waals surface area contributed by atoms with Crippen LogP contribution in [0, 0.1) is 0 Å². The number of nitrogens with two attached hydrogens (primary N) is 1. The van der Waals surface area contributed by atoms with Crippen LogP contribution in [-0.4, -0.2) is 31.6 Å². The molecule has 0 aromatic heterocycles. The second-order valence-corrected chi connectivity index (χ2v) is 4.06. The van der Waals surface area contributed by atoms with Crippen molar-refractivity contribution in [3.8, 4) is 0 Å². The Bertz CT molecular complexity index is 160. The summed E-state index contributed by atoms with van der Waals surface area (Å²) in [5.41, 5.74) is 5.35. The zero-order chi connectivity index (χ0) is 11.5. The number of hydrogen-bond acceptors (Lipinski definition) is 3. The third kappa shape index (κ3) is 11.3. The Labute approximate surface area is 93.0 Å². The summed E-state index contributed by atoms with van der Waals surface area (Å²) in [5.74, 6) is 0.151. The second-order valence-electron chi connectivity index (χ2n) is 4.06. The fourth-order valence-corrected chi connectivity index (χ4v) is 1.23. The van der Waals surface area contributed by atoms with Gasteiger partial charge in [0.15, 0.2) is 0 Å². The highest BCUT2D eigenvalue weighted by molar-refractivity contribution is 5.75. The van der Waals surface area contributed by atoms with Crippen molar-refractivity contribution in [2.45, 2.75) is 45.6 Å². The molecule has 4 N–H and O–H groups in total. The molecule has 0 saturated heterocycles.